The highest BCUT2D eigenvalue weighted by atomic mass is 16.7. The zero-order valence-electron chi connectivity index (χ0n) is 31.2. The highest BCUT2D eigenvalue weighted by Gasteiger charge is 2.69. The highest BCUT2D eigenvalue weighted by Crippen LogP contribution is 2.71. The Kier molecular flexibility index (Phi) is 10.4. The standard InChI is InChI=1S/C39H64O13/c1-18-7-12-39(47-17-18)19(2)28-25(52-39)14-24-22-6-5-20-13-21(8-10-37(20,3)23(22)9-11-38(24,28)4)48-35-33(46)31(44)34(27(16-41)50-35)51-36-32(45)30(43)29(42)26(15-40)49-36/h18-36,40-46H,5-17H2,1-4H3/t18?,19?,20-,21?,22+,23-,24-,25?,26?,27?,28?,29?,30?,31?,32?,33?,34?,35?,36?,37?,38?,39+/m0/s1. The van der Waals surface area contributed by atoms with Gasteiger partial charge in [-0.3, -0.25) is 0 Å². The van der Waals surface area contributed by atoms with Gasteiger partial charge in [-0.2, -0.15) is 0 Å². The summed E-state index contributed by atoms with van der Waals surface area (Å²) >= 11 is 0. The molecule has 7 N–H and O–H groups in total. The van der Waals surface area contributed by atoms with E-state index in [1.165, 1.54) is 25.7 Å². The third-order valence-corrected chi connectivity index (χ3v) is 16.2. The highest BCUT2D eigenvalue weighted by molar-refractivity contribution is 5.15. The molecule has 17 unspecified atom stereocenters. The van der Waals surface area contributed by atoms with E-state index in [1.807, 2.05) is 0 Å². The van der Waals surface area contributed by atoms with Crippen LogP contribution in [0.3, 0.4) is 0 Å². The first-order valence-electron chi connectivity index (χ1n) is 20.3. The maximum Gasteiger partial charge on any atom is 0.187 e. The topological polar surface area (TPSA) is 197 Å². The summed E-state index contributed by atoms with van der Waals surface area (Å²) in [6, 6.07) is 0. The van der Waals surface area contributed by atoms with Crippen LogP contribution >= 0.6 is 0 Å². The first-order chi connectivity index (χ1) is 24.7. The molecule has 4 heterocycles. The minimum Gasteiger partial charge on any atom is -0.394 e. The molecule has 0 radical (unpaired) electrons. The van der Waals surface area contributed by atoms with Crippen molar-refractivity contribution in [3.05, 3.63) is 0 Å². The molecule has 298 valence electrons. The van der Waals surface area contributed by atoms with Gasteiger partial charge in [0.15, 0.2) is 18.4 Å². The summed E-state index contributed by atoms with van der Waals surface area (Å²) in [6.45, 7) is 9.33. The van der Waals surface area contributed by atoms with Crippen LogP contribution in [0, 0.1) is 52.3 Å². The van der Waals surface area contributed by atoms with Gasteiger partial charge in [0, 0.05) is 12.3 Å². The zero-order chi connectivity index (χ0) is 36.9. The molecule has 1 spiro atoms. The van der Waals surface area contributed by atoms with Crippen molar-refractivity contribution in [3.63, 3.8) is 0 Å². The summed E-state index contributed by atoms with van der Waals surface area (Å²) in [4.78, 5) is 0. The fourth-order valence-corrected chi connectivity index (χ4v) is 13.2. The van der Waals surface area contributed by atoms with Crippen molar-refractivity contribution >= 4 is 0 Å². The van der Waals surface area contributed by atoms with Gasteiger partial charge in [0.2, 0.25) is 0 Å². The third-order valence-electron chi connectivity index (χ3n) is 16.2. The van der Waals surface area contributed by atoms with Gasteiger partial charge < -0.3 is 64.2 Å². The Morgan fingerprint density at radius 1 is 0.673 bits per heavy atom. The number of fused-ring (bicyclic) bond motifs is 7. The molecule has 22 atom stereocenters. The largest absolute Gasteiger partial charge is 0.394 e. The monoisotopic (exact) mass is 740 g/mol. The predicted octanol–water partition coefficient (Wildman–Crippen LogP) is 1.44. The van der Waals surface area contributed by atoms with Crippen LogP contribution in [-0.4, -0.2) is 135 Å². The summed E-state index contributed by atoms with van der Waals surface area (Å²) in [5.74, 6) is 3.63. The van der Waals surface area contributed by atoms with Crippen molar-refractivity contribution < 1.29 is 64.2 Å². The SMILES string of the molecule is CC1CC[C@@]2(OC1)OC1C[C@H]3[C@@H]4CC[C@H]5CC(OC6OC(CO)C(OC7OC(CO)C(O)C(O)C7O)C(O)C6O)CCC5(C)[C@H]4CCC3(C)C1C2C. The number of hydrogen-bond donors (Lipinski definition) is 7. The Hall–Kier alpha value is -0.520. The van der Waals surface area contributed by atoms with Crippen LogP contribution in [0.1, 0.15) is 91.9 Å². The molecule has 52 heavy (non-hydrogen) atoms. The molecule has 8 rings (SSSR count). The summed E-state index contributed by atoms with van der Waals surface area (Å²) < 4.78 is 37.0. The van der Waals surface area contributed by atoms with E-state index < -0.39 is 80.4 Å². The number of aliphatic hydroxyl groups excluding tert-OH is 7. The van der Waals surface area contributed by atoms with Crippen molar-refractivity contribution in [1.82, 2.24) is 0 Å². The van der Waals surface area contributed by atoms with Crippen molar-refractivity contribution in [2.75, 3.05) is 19.8 Å². The fraction of sp³-hybridized carbons (Fsp3) is 1.00. The molecular weight excluding hydrogens is 676 g/mol. The lowest BCUT2D eigenvalue weighted by Crippen LogP contribution is -2.65. The second kappa shape index (κ2) is 14.1. The molecule has 8 fully saturated rings. The third kappa shape index (κ3) is 5.98. The molecule has 13 heteroatoms. The molecule has 4 saturated carbocycles. The minimum atomic E-state index is -1.71. The maximum absolute atomic E-state index is 11.2. The van der Waals surface area contributed by atoms with Crippen LogP contribution in [0.2, 0.25) is 0 Å². The maximum atomic E-state index is 11.2. The van der Waals surface area contributed by atoms with E-state index >= 15 is 0 Å². The molecule has 13 nitrogen and oxygen atoms in total. The first-order valence-corrected chi connectivity index (χ1v) is 20.3. The van der Waals surface area contributed by atoms with Crippen molar-refractivity contribution in [2.24, 2.45) is 52.3 Å². The van der Waals surface area contributed by atoms with Gasteiger partial charge in [-0.15, -0.1) is 0 Å². The van der Waals surface area contributed by atoms with E-state index in [0.717, 1.165) is 45.1 Å². The van der Waals surface area contributed by atoms with Gasteiger partial charge in [0.1, 0.15) is 48.8 Å². The summed E-state index contributed by atoms with van der Waals surface area (Å²) in [5.41, 5.74) is 0.468. The Morgan fingerprint density at radius 3 is 2.08 bits per heavy atom. The predicted molar refractivity (Wildman–Crippen MR) is 183 cm³/mol. The molecule has 4 aliphatic carbocycles. The summed E-state index contributed by atoms with van der Waals surface area (Å²) in [6.07, 6.45) is -3.66. The van der Waals surface area contributed by atoms with E-state index in [-0.39, 0.29) is 23.0 Å². The lowest BCUT2D eigenvalue weighted by atomic mass is 9.44. The normalized spacial score (nSPS) is 59.0. The number of aliphatic hydroxyl groups is 7. The van der Waals surface area contributed by atoms with Crippen molar-refractivity contribution in [3.8, 4) is 0 Å². The molecule has 4 saturated heterocycles. The first kappa shape index (κ1) is 38.4. The summed E-state index contributed by atoms with van der Waals surface area (Å²) in [7, 11) is 0. The number of hydrogen-bond acceptors (Lipinski definition) is 13. The number of ether oxygens (including phenoxy) is 6. The van der Waals surface area contributed by atoms with Gasteiger partial charge in [0.25, 0.3) is 0 Å². The Morgan fingerprint density at radius 2 is 1.37 bits per heavy atom. The molecule has 0 aromatic rings. The van der Waals surface area contributed by atoms with Crippen LogP contribution < -0.4 is 0 Å². The second-order valence-electron chi connectivity index (χ2n) is 18.7. The van der Waals surface area contributed by atoms with Gasteiger partial charge in [-0.05, 0) is 104 Å². The van der Waals surface area contributed by atoms with Crippen LogP contribution in [0.5, 0.6) is 0 Å². The molecule has 8 aliphatic rings. The van der Waals surface area contributed by atoms with Gasteiger partial charge in [-0.1, -0.05) is 27.7 Å². The molecule has 4 aliphatic heterocycles. The lowest BCUT2D eigenvalue weighted by Gasteiger charge is -2.61. The van der Waals surface area contributed by atoms with Gasteiger partial charge >= 0.3 is 0 Å². The van der Waals surface area contributed by atoms with E-state index in [0.29, 0.717) is 41.4 Å². The minimum absolute atomic E-state index is 0.188. The quantitative estimate of drug-likeness (QED) is 0.194. The van der Waals surface area contributed by atoms with Gasteiger partial charge in [0.05, 0.1) is 32.0 Å². The Labute approximate surface area is 307 Å². The van der Waals surface area contributed by atoms with Crippen LogP contribution in [0.4, 0.5) is 0 Å². The average molecular weight is 741 g/mol. The molecular formula is C39H64O13. The molecule has 0 aromatic heterocycles. The smallest absolute Gasteiger partial charge is 0.187 e. The molecule has 0 bridgehead atoms. The fourth-order valence-electron chi connectivity index (χ4n) is 13.2. The van der Waals surface area contributed by atoms with Crippen LogP contribution in [-0.2, 0) is 28.4 Å². The van der Waals surface area contributed by atoms with E-state index in [1.54, 1.807) is 0 Å². The summed E-state index contributed by atoms with van der Waals surface area (Å²) in [5, 5.41) is 72.8. The van der Waals surface area contributed by atoms with Crippen molar-refractivity contribution in [2.45, 2.75) is 171 Å². The van der Waals surface area contributed by atoms with E-state index in [9.17, 15) is 35.7 Å². The Balaban J connectivity index is 0.892. The van der Waals surface area contributed by atoms with Crippen LogP contribution in [0.15, 0.2) is 0 Å². The van der Waals surface area contributed by atoms with Gasteiger partial charge in [-0.25, -0.2) is 0 Å². The van der Waals surface area contributed by atoms with E-state index in [4.69, 9.17) is 28.4 Å². The second-order valence-corrected chi connectivity index (χ2v) is 18.7. The molecule has 0 aromatic carbocycles. The van der Waals surface area contributed by atoms with Crippen LogP contribution in [0.25, 0.3) is 0 Å². The lowest BCUT2D eigenvalue weighted by molar-refractivity contribution is -0.364. The molecule has 0 amide bonds. The number of rotatable bonds is 6. The zero-order valence-corrected chi connectivity index (χ0v) is 31.2. The van der Waals surface area contributed by atoms with E-state index in [2.05, 4.69) is 27.7 Å². The Bertz CT molecular complexity index is 1260. The average Bonchev–Trinajstić information content (AvgIpc) is 3.58. The van der Waals surface area contributed by atoms with Crippen molar-refractivity contribution in [1.29, 1.82) is 0 Å².